The standard InChI is InChI=1S/C22H26N4S/c1-13-11-14(2)19(15(3)12-13)20-17(5)24-26-21(20)23-16(4)18-7-8-25(22(18)26)9-10-27-6/h7-8,11-12H,9-10H2,1-6H3. The van der Waals surface area contributed by atoms with Crippen LogP contribution in [0.5, 0.6) is 0 Å². The van der Waals surface area contributed by atoms with E-state index in [0.717, 1.165) is 40.5 Å². The lowest BCUT2D eigenvalue weighted by Crippen LogP contribution is -2.05. The lowest BCUT2D eigenvalue weighted by molar-refractivity contribution is 0.773. The fraction of sp³-hybridized carbons (Fsp3) is 0.364. The van der Waals surface area contributed by atoms with Crippen LogP contribution in [0.15, 0.2) is 24.4 Å². The Balaban J connectivity index is 2.07. The summed E-state index contributed by atoms with van der Waals surface area (Å²) in [6.45, 7) is 11.7. The Morgan fingerprint density at radius 1 is 0.963 bits per heavy atom. The van der Waals surface area contributed by atoms with Gasteiger partial charge in [-0.3, -0.25) is 0 Å². The second kappa shape index (κ2) is 6.71. The summed E-state index contributed by atoms with van der Waals surface area (Å²) in [5.74, 6) is 1.08. The maximum Gasteiger partial charge on any atom is 0.165 e. The smallest absolute Gasteiger partial charge is 0.165 e. The van der Waals surface area contributed by atoms with Crippen LogP contribution in [0.1, 0.15) is 28.1 Å². The fourth-order valence-electron chi connectivity index (χ4n) is 4.20. The normalized spacial score (nSPS) is 11.8. The zero-order chi connectivity index (χ0) is 19.3. The van der Waals surface area contributed by atoms with Crippen molar-refractivity contribution in [1.29, 1.82) is 0 Å². The summed E-state index contributed by atoms with van der Waals surface area (Å²) in [5.41, 5.74) is 10.5. The second-order valence-electron chi connectivity index (χ2n) is 7.41. The van der Waals surface area contributed by atoms with E-state index in [4.69, 9.17) is 10.1 Å². The molecule has 5 heteroatoms. The molecule has 4 aromatic rings. The van der Waals surface area contributed by atoms with E-state index in [1.54, 1.807) is 0 Å². The van der Waals surface area contributed by atoms with Crippen molar-refractivity contribution in [2.75, 3.05) is 12.0 Å². The van der Waals surface area contributed by atoms with Gasteiger partial charge >= 0.3 is 0 Å². The second-order valence-corrected chi connectivity index (χ2v) is 8.39. The predicted octanol–water partition coefficient (Wildman–Crippen LogP) is 5.26. The molecule has 1 aromatic carbocycles. The average molecular weight is 379 g/mol. The summed E-state index contributed by atoms with van der Waals surface area (Å²) in [7, 11) is 0. The molecular formula is C22H26N4S. The minimum atomic E-state index is 0.955. The highest BCUT2D eigenvalue weighted by Gasteiger charge is 2.20. The van der Waals surface area contributed by atoms with Crippen LogP contribution in [0.2, 0.25) is 0 Å². The molecule has 0 unspecified atom stereocenters. The van der Waals surface area contributed by atoms with Crippen LogP contribution >= 0.6 is 11.8 Å². The van der Waals surface area contributed by atoms with Gasteiger partial charge in [-0.2, -0.15) is 21.4 Å². The maximum absolute atomic E-state index is 4.98. The quantitative estimate of drug-likeness (QED) is 0.486. The number of aryl methyl sites for hydroxylation is 6. The van der Waals surface area contributed by atoms with Gasteiger partial charge in [0.25, 0.3) is 0 Å². The van der Waals surface area contributed by atoms with Crippen LogP contribution in [0, 0.1) is 34.6 Å². The van der Waals surface area contributed by atoms with Gasteiger partial charge in [-0.05, 0) is 63.6 Å². The van der Waals surface area contributed by atoms with Gasteiger partial charge in [-0.25, -0.2) is 4.98 Å². The third-order valence-electron chi connectivity index (χ3n) is 5.30. The highest BCUT2D eigenvalue weighted by Crippen LogP contribution is 2.35. The summed E-state index contributed by atoms with van der Waals surface area (Å²) in [4.78, 5) is 4.98. The summed E-state index contributed by atoms with van der Waals surface area (Å²) < 4.78 is 4.35. The molecule has 0 fully saturated rings. The van der Waals surface area contributed by atoms with Crippen LogP contribution in [-0.2, 0) is 6.54 Å². The number of fused-ring (bicyclic) bond motifs is 3. The van der Waals surface area contributed by atoms with E-state index in [0.29, 0.717) is 0 Å². The number of hydrogen-bond acceptors (Lipinski definition) is 3. The molecule has 3 heterocycles. The van der Waals surface area contributed by atoms with Crippen LogP contribution in [0.3, 0.4) is 0 Å². The Morgan fingerprint density at radius 2 is 1.67 bits per heavy atom. The van der Waals surface area contributed by atoms with E-state index >= 15 is 0 Å². The van der Waals surface area contributed by atoms with Gasteiger partial charge in [-0.1, -0.05) is 17.7 Å². The Bertz CT molecular complexity index is 1140. The zero-order valence-corrected chi connectivity index (χ0v) is 17.7. The highest BCUT2D eigenvalue weighted by molar-refractivity contribution is 7.98. The molecule has 4 nitrogen and oxygen atoms in total. The van der Waals surface area contributed by atoms with E-state index in [-0.39, 0.29) is 0 Å². The van der Waals surface area contributed by atoms with Gasteiger partial charge in [0, 0.05) is 23.9 Å². The molecule has 0 spiro atoms. The number of aromatic nitrogens is 4. The van der Waals surface area contributed by atoms with Crippen LogP contribution in [-0.4, -0.2) is 31.2 Å². The van der Waals surface area contributed by atoms with Crippen molar-refractivity contribution in [2.24, 2.45) is 0 Å². The van der Waals surface area contributed by atoms with Crippen LogP contribution in [0.25, 0.3) is 27.8 Å². The van der Waals surface area contributed by atoms with Crippen molar-refractivity contribution >= 4 is 28.4 Å². The van der Waals surface area contributed by atoms with Crippen molar-refractivity contribution in [3.63, 3.8) is 0 Å². The van der Waals surface area contributed by atoms with Gasteiger partial charge in [-0.15, -0.1) is 0 Å². The Kier molecular flexibility index (Phi) is 4.50. The third kappa shape index (κ3) is 2.85. The maximum atomic E-state index is 4.98. The first-order chi connectivity index (χ1) is 12.9. The van der Waals surface area contributed by atoms with Gasteiger partial charge in [0.1, 0.15) is 5.65 Å². The molecule has 0 amide bonds. The predicted molar refractivity (Wildman–Crippen MR) is 116 cm³/mol. The largest absolute Gasteiger partial charge is 0.332 e. The summed E-state index contributed by atoms with van der Waals surface area (Å²) in [5, 5.41) is 6.11. The average Bonchev–Trinajstić information content (AvgIpc) is 3.15. The summed E-state index contributed by atoms with van der Waals surface area (Å²) >= 11 is 1.86. The van der Waals surface area contributed by atoms with E-state index in [1.807, 2.05) is 16.3 Å². The lowest BCUT2D eigenvalue weighted by Gasteiger charge is -2.12. The molecule has 0 bridgehead atoms. The summed E-state index contributed by atoms with van der Waals surface area (Å²) in [6, 6.07) is 6.66. The molecule has 0 radical (unpaired) electrons. The van der Waals surface area contributed by atoms with Gasteiger partial charge < -0.3 is 4.57 Å². The molecule has 0 atom stereocenters. The van der Waals surface area contributed by atoms with Crippen molar-refractivity contribution in [1.82, 2.24) is 19.2 Å². The topological polar surface area (TPSA) is 35.1 Å². The van der Waals surface area contributed by atoms with Gasteiger partial charge in [0.2, 0.25) is 0 Å². The van der Waals surface area contributed by atoms with Gasteiger partial charge in [0.05, 0.1) is 17.0 Å². The van der Waals surface area contributed by atoms with Crippen LogP contribution in [0.4, 0.5) is 0 Å². The zero-order valence-electron chi connectivity index (χ0n) is 16.9. The number of benzene rings is 1. The molecule has 4 rings (SSSR count). The SMILES string of the molecule is CSCCn1ccc2c(C)nc3c(-c4c(C)cc(C)cc4C)c(C)nn3c21. The fourth-order valence-corrected chi connectivity index (χ4v) is 4.58. The number of hydrogen-bond donors (Lipinski definition) is 0. The van der Waals surface area contributed by atoms with Crippen molar-refractivity contribution < 1.29 is 0 Å². The van der Waals surface area contributed by atoms with E-state index < -0.39 is 0 Å². The first-order valence-electron chi connectivity index (χ1n) is 9.34. The molecular weight excluding hydrogens is 352 g/mol. The number of nitrogens with zero attached hydrogens (tertiary/aromatic N) is 4. The van der Waals surface area contributed by atoms with Crippen molar-refractivity contribution in [2.45, 2.75) is 41.2 Å². The minimum Gasteiger partial charge on any atom is -0.332 e. The Labute approximate surface area is 164 Å². The lowest BCUT2D eigenvalue weighted by atomic mass is 9.94. The third-order valence-corrected chi connectivity index (χ3v) is 5.89. The molecule has 0 N–H and O–H groups in total. The Hall–Kier alpha value is -2.27. The molecule has 0 saturated heterocycles. The van der Waals surface area contributed by atoms with Gasteiger partial charge in [0.15, 0.2) is 5.65 Å². The van der Waals surface area contributed by atoms with Crippen molar-refractivity contribution in [3.05, 3.63) is 52.5 Å². The van der Waals surface area contributed by atoms with E-state index in [2.05, 4.69) is 69.8 Å². The molecule has 3 aromatic heterocycles. The highest BCUT2D eigenvalue weighted by atomic mass is 32.2. The minimum absolute atomic E-state index is 0.955. The monoisotopic (exact) mass is 378 g/mol. The molecule has 0 aliphatic carbocycles. The van der Waals surface area contributed by atoms with E-state index in [9.17, 15) is 0 Å². The van der Waals surface area contributed by atoms with Crippen molar-refractivity contribution in [3.8, 4) is 11.1 Å². The molecule has 0 aliphatic heterocycles. The first kappa shape index (κ1) is 18.1. The number of thioether (sulfide) groups is 1. The molecule has 27 heavy (non-hydrogen) atoms. The van der Waals surface area contributed by atoms with E-state index in [1.165, 1.54) is 27.6 Å². The molecule has 140 valence electrons. The number of rotatable bonds is 4. The molecule has 0 aliphatic rings. The first-order valence-corrected chi connectivity index (χ1v) is 10.7. The van der Waals surface area contributed by atoms with Crippen LogP contribution < -0.4 is 0 Å². The summed E-state index contributed by atoms with van der Waals surface area (Å²) in [6.07, 6.45) is 4.31. The molecule has 0 saturated carbocycles. The Morgan fingerprint density at radius 3 is 2.33 bits per heavy atom.